The minimum Gasteiger partial charge on any atom is -0.324 e. The predicted octanol–water partition coefficient (Wildman–Crippen LogP) is 3.40. The molecule has 0 saturated heterocycles. The van der Waals surface area contributed by atoms with Gasteiger partial charge in [-0.25, -0.2) is 13.9 Å². The molecule has 0 amide bonds. The Balaban J connectivity index is 1.77. The van der Waals surface area contributed by atoms with Gasteiger partial charge in [-0.2, -0.15) is 4.98 Å². The molecular formula is C15H12FN5. The Hall–Kier alpha value is -2.89. The molecule has 0 aliphatic carbocycles. The van der Waals surface area contributed by atoms with E-state index in [2.05, 4.69) is 20.4 Å². The Morgan fingerprint density at radius 3 is 2.90 bits per heavy atom. The van der Waals surface area contributed by atoms with Crippen LogP contribution in [0.25, 0.3) is 16.8 Å². The number of hydrogen-bond acceptors (Lipinski definition) is 3. The van der Waals surface area contributed by atoms with Crippen LogP contribution in [0.2, 0.25) is 0 Å². The van der Waals surface area contributed by atoms with E-state index in [1.807, 2.05) is 25.1 Å². The molecule has 0 bridgehead atoms. The number of aryl methyl sites for hydroxylation is 1. The number of nitrogens with zero attached hydrogens (tertiary/aromatic N) is 3. The van der Waals surface area contributed by atoms with Gasteiger partial charge in [0.05, 0.1) is 11.0 Å². The van der Waals surface area contributed by atoms with Crippen molar-refractivity contribution in [3.63, 3.8) is 0 Å². The molecule has 0 aliphatic heterocycles. The number of fused-ring (bicyclic) bond motifs is 3. The highest BCUT2D eigenvalue weighted by Gasteiger charge is 2.09. The molecule has 0 saturated carbocycles. The Labute approximate surface area is 119 Å². The second kappa shape index (κ2) is 4.31. The highest BCUT2D eigenvalue weighted by Crippen LogP contribution is 2.19. The van der Waals surface area contributed by atoms with Gasteiger partial charge in [0.15, 0.2) is 0 Å². The van der Waals surface area contributed by atoms with E-state index < -0.39 is 0 Å². The second-order valence-electron chi connectivity index (χ2n) is 4.95. The SMILES string of the molecule is Cc1ccc2c(c1)nc1nc(Nc3cccc(F)c3)[nH]n12. The maximum Gasteiger partial charge on any atom is 0.253 e. The number of H-pyrrole nitrogens is 1. The molecule has 5 nitrogen and oxygen atoms in total. The molecule has 0 atom stereocenters. The first-order valence-corrected chi connectivity index (χ1v) is 6.56. The Kier molecular flexibility index (Phi) is 2.44. The molecule has 4 rings (SSSR count). The molecule has 4 aromatic rings. The molecule has 0 unspecified atom stereocenters. The van der Waals surface area contributed by atoms with Crippen molar-refractivity contribution < 1.29 is 4.39 Å². The summed E-state index contributed by atoms with van der Waals surface area (Å²) in [4.78, 5) is 8.83. The number of hydrogen-bond donors (Lipinski definition) is 2. The van der Waals surface area contributed by atoms with E-state index >= 15 is 0 Å². The summed E-state index contributed by atoms with van der Waals surface area (Å²) in [5.41, 5.74) is 3.63. The van der Waals surface area contributed by atoms with E-state index in [0.29, 0.717) is 17.4 Å². The molecule has 21 heavy (non-hydrogen) atoms. The van der Waals surface area contributed by atoms with Crippen molar-refractivity contribution in [2.24, 2.45) is 0 Å². The summed E-state index contributed by atoms with van der Waals surface area (Å²) in [7, 11) is 0. The van der Waals surface area contributed by atoms with Crippen molar-refractivity contribution >= 4 is 28.4 Å². The van der Waals surface area contributed by atoms with Crippen molar-refractivity contribution in [2.45, 2.75) is 6.92 Å². The van der Waals surface area contributed by atoms with Crippen LogP contribution in [-0.2, 0) is 0 Å². The van der Waals surface area contributed by atoms with E-state index in [1.54, 1.807) is 16.6 Å². The lowest BCUT2D eigenvalue weighted by molar-refractivity contribution is 0.628. The molecule has 104 valence electrons. The van der Waals surface area contributed by atoms with Crippen LogP contribution in [-0.4, -0.2) is 19.6 Å². The molecule has 0 radical (unpaired) electrons. The minimum atomic E-state index is -0.294. The number of benzene rings is 2. The fourth-order valence-electron chi connectivity index (χ4n) is 2.35. The van der Waals surface area contributed by atoms with Crippen LogP contribution in [0, 0.1) is 12.7 Å². The average molecular weight is 281 g/mol. The van der Waals surface area contributed by atoms with Crippen molar-refractivity contribution in [3.05, 3.63) is 53.8 Å². The molecule has 2 aromatic heterocycles. The van der Waals surface area contributed by atoms with Crippen LogP contribution in [0.1, 0.15) is 5.56 Å². The molecule has 6 heteroatoms. The topological polar surface area (TPSA) is 58.0 Å². The zero-order valence-corrected chi connectivity index (χ0v) is 11.3. The number of anilines is 2. The number of nitrogens with one attached hydrogen (secondary N) is 2. The van der Waals surface area contributed by atoms with Crippen molar-refractivity contribution in [1.29, 1.82) is 0 Å². The Morgan fingerprint density at radius 2 is 2.05 bits per heavy atom. The van der Waals surface area contributed by atoms with Gasteiger partial charge in [-0.1, -0.05) is 12.1 Å². The van der Waals surface area contributed by atoms with E-state index in [1.165, 1.54) is 12.1 Å². The monoisotopic (exact) mass is 281 g/mol. The van der Waals surface area contributed by atoms with Gasteiger partial charge < -0.3 is 5.32 Å². The van der Waals surface area contributed by atoms with Crippen LogP contribution in [0.4, 0.5) is 16.0 Å². The molecule has 0 aliphatic rings. The van der Waals surface area contributed by atoms with Crippen LogP contribution in [0.15, 0.2) is 42.5 Å². The second-order valence-corrected chi connectivity index (χ2v) is 4.95. The third-order valence-corrected chi connectivity index (χ3v) is 3.31. The van der Waals surface area contributed by atoms with Gasteiger partial charge in [0, 0.05) is 5.69 Å². The largest absolute Gasteiger partial charge is 0.324 e. The standard InChI is InChI=1S/C15H12FN5/c1-9-5-6-13-12(7-9)18-15-19-14(20-21(13)15)17-11-4-2-3-10(16)8-11/h2-8H,1H3,(H2,17,18,19,20). The third-order valence-electron chi connectivity index (χ3n) is 3.31. The quantitative estimate of drug-likeness (QED) is 0.592. The summed E-state index contributed by atoms with van der Waals surface area (Å²) in [5, 5.41) is 6.14. The number of halogens is 1. The van der Waals surface area contributed by atoms with Gasteiger partial charge in [0.2, 0.25) is 5.95 Å². The maximum absolute atomic E-state index is 13.2. The minimum absolute atomic E-state index is 0.294. The summed E-state index contributed by atoms with van der Waals surface area (Å²) in [6.07, 6.45) is 0. The normalized spacial score (nSPS) is 11.3. The van der Waals surface area contributed by atoms with Crippen LogP contribution in [0.3, 0.4) is 0 Å². The van der Waals surface area contributed by atoms with Crippen LogP contribution in [0.5, 0.6) is 0 Å². The highest BCUT2D eigenvalue weighted by molar-refractivity contribution is 5.80. The smallest absolute Gasteiger partial charge is 0.253 e. The molecule has 0 spiro atoms. The fraction of sp³-hybridized carbons (Fsp3) is 0.0667. The van der Waals surface area contributed by atoms with Gasteiger partial charge in [0.25, 0.3) is 5.78 Å². The Morgan fingerprint density at radius 1 is 1.14 bits per heavy atom. The van der Waals surface area contributed by atoms with Crippen molar-refractivity contribution in [2.75, 3.05) is 5.32 Å². The summed E-state index contributed by atoms with van der Waals surface area (Å²) >= 11 is 0. The summed E-state index contributed by atoms with van der Waals surface area (Å²) in [6, 6.07) is 12.3. The number of aromatic amines is 1. The number of imidazole rings is 1. The molecule has 2 N–H and O–H groups in total. The molecule has 2 aromatic carbocycles. The van der Waals surface area contributed by atoms with Gasteiger partial charge in [-0.05, 0) is 42.8 Å². The van der Waals surface area contributed by atoms with E-state index in [-0.39, 0.29) is 5.82 Å². The number of rotatable bonds is 2. The molecule has 2 heterocycles. The summed E-state index contributed by atoms with van der Waals surface area (Å²) in [5.74, 6) is 0.803. The lowest BCUT2D eigenvalue weighted by Crippen LogP contribution is -1.94. The van der Waals surface area contributed by atoms with E-state index in [4.69, 9.17) is 0 Å². The Bertz CT molecular complexity index is 953. The first-order valence-electron chi connectivity index (χ1n) is 6.56. The van der Waals surface area contributed by atoms with E-state index in [0.717, 1.165) is 16.6 Å². The zero-order chi connectivity index (χ0) is 14.4. The lowest BCUT2D eigenvalue weighted by Gasteiger charge is -2.01. The number of aromatic nitrogens is 4. The molecular weight excluding hydrogens is 269 g/mol. The molecule has 0 fully saturated rings. The van der Waals surface area contributed by atoms with Gasteiger partial charge in [0.1, 0.15) is 5.82 Å². The van der Waals surface area contributed by atoms with Gasteiger partial charge in [-0.15, -0.1) is 0 Å². The predicted molar refractivity (Wildman–Crippen MR) is 79.3 cm³/mol. The average Bonchev–Trinajstić information content (AvgIpc) is 2.95. The van der Waals surface area contributed by atoms with Crippen molar-refractivity contribution in [1.82, 2.24) is 19.6 Å². The summed E-state index contributed by atoms with van der Waals surface area (Å²) in [6.45, 7) is 2.03. The van der Waals surface area contributed by atoms with Gasteiger partial charge >= 0.3 is 0 Å². The first kappa shape index (κ1) is 11.9. The van der Waals surface area contributed by atoms with Crippen molar-refractivity contribution in [3.8, 4) is 0 Å². The third kappa shape index (κ3) is 2.01. The van der Waals surface area contributed by atoms with Gasteiger partial charge in [-0.3, -0.25) is 5.10 Å². The highest BCUT2D eigenvalue weighted by atomic mass is 19.1. The fourth-order valence-corrected chi connectivity index (χ4v) is 2.35. The van der Waals surface area contributed by atoms with E-state index in [9.17, 15) is 4.39 Å². The van der Waals surface area contributed by atoms with Crippen LogP contribution >= 0.6 is 0 Å². The maximum atomic E-state index is 13.2. The van der Waals surface area contributed by atoms with Crippen LogP contribution < -0.4 is 5.32 Å². The summed E-state index contributed by atoms with van der Waals surface area (Å²) < 4.78 is 15.0. The zero-order valence-electron chi connectivity index (χ0n) is 11.3. The first-order chi connectivity index (χ1) is 10.2. The lowest BCUT2D eigenvalue weighted by atomic mass is 10.2.